The normalized spacial score (nSPS) is 19.8. The van der Waals surface area contributed by atoms with E-state index in [0.717, 1.165) is 13.1 Å². The van der Waals surface area contributed by atoms with Crippen molar-refractivity contribution in [1.29, 1.82) is 0 Å². The standard InChI is InChI=1S/C16H23FN2O/c1-13-6-4-5-10-19(13)11-9-18-16(20)12-14-7-2-3-8-15(14)17/h2-3,7-8,13H,4-6,9-12H2,1H3,(H,18,20)/t13-/m1/s1. The lowest BCUT2D eigenvalue weighted by molar-refractivity contribution is -0.120. The van der Waals surface area contributed by atoms with Crippen molar-refractivity contribution in [2.24, 2.45) is 0 Å². The number of benzene rings is 1. The maximum Gasteiger partial charge on any atom is 0.224 e. The number of hydrogen-bond acceptors (Lipinski definition) is 2. The van der Waals surface area contributed by atoms with E-state index >= 15 is 0 Å². The Morgan fingerprint density at radius 1 is 1.40 bits per heavy atom. The molecule has 1 amide bonds. The molecule has 0 spiro atoms. The predicted octanol–water partition coefficient (Wildman–Crippen LogP) is 2.36. The molecule has 3 nitrogen and oxygen atoms in total. The largest absolute Gasteiger partial charge is 0.355 e. The van der Waals surface area contributed by atoms with Gasteiger partial charge in [0.2, 0.25) is 5.91 Å². The molecule has 1 aliphatic rings. The van der Waals surface area contributed by atoms with Crippen molar-refractivity contribution in [1.82, 2.24) is 10.2 Å². The number of nitrogens with one attached hydrogen (secondary N) is 1. The molecule has 0 aliphatic carbocycles. The van der Waals surface area contributed by atoms with Crippen LogP contribution in [0.15, 0.2) is 24.3 Å². The zero-order valence-corrected chi connectivity index (χ0v) is 12.1. The first-order chi connectivity index (χ1) is 9.66. The third-order valence-electron chi connectivity index (χ3n) is 3.97. The van der Waals surface area contributed by atoms with Crippen LogP contribution in [0.2, 0.25) is 0 Å². The van der Waals surface area contributed by atoms with Crippen LogP contribution in [0, 0.1) is 5.82 Å². The van der Waals surface area contributed by atoms with Crippen LogP contribution in [-0.2, 0) is 11.2 Å². The second kappa shape index (κ2) is 7.39. The van der Waals surface area contributed by atoms with Gasteiger partial charge in [-0.05, 0) is 37.9 Å². The molecule has 0 bridgehead atoms. The highest BCUT2D eigenvalue weighted by molar-refractivity contribution is 5.78. The van der Waals surface area contributed by atoms with Gasteiger partial charge in [0.1, 0.15) is 5.82 Å². The van der Waals surface area contributed by atoms with E-state index in [1.54, 1.807) is 18.2 Å². The molecule has 1 aromatic carbocycles. The maximum atomic E-state index is 13.4. The molecule has 1 atom stereocenters. The van der Waals surface area contributed by atoms with Crippen molar-refractivity contribution in [3.63, 3.8) is 0 Å². The summed E-state index contributed by atoms with van der Waals surface area (Å²) in [5.41, 5.74) is 0.455. The Labute approximate surface area is 120 Å². The van der Waals surface area contributed by atoms with Gasteiger partial charge in [0, 0.05) is 19.1 Å². The highest BCUT2D eigenvalue weighted by Crippen LogP contribution is 2.15. The third-order valence-corrected chi connectivity index (χ3v) is 3.97. The molecule has 1 heterocycles. The lowest BCUT2D eigenvalue weighted by Crippen LogP contribution is -2.42. The van der Waals surface area contributed by atoms with Crippen molar-refractivity contribution in [2.45, 2.75) is 38.6 Å². The van der Waals surface area contributed by atoms with Gasteiger partial charge < -0.3 is 5.32 Å². The van der Waals surface area contributed by atoms with E-state index in [2.05, 4.69) is 17.1 Å². The van der Waals surface area contributed by atoms with Gasteiger partial charge >= 0.3 is 0 Å². The number of hydrogen-bond donors (Lipinski definition) is 1. The van der Waals surface area contributed by atoms with Gasteiger partial charge in [-0.25, -0.2) is 4.39 Å². The minimum Gasteiger partial charge on any atom is -0.355 e. The SMILES string of the molecule is C[C@@H]1CCCCN1CCNC(=O)Cc1ccccc1F. The Morgan fingerprint density at radius 2 is 2.20 bits per heavy atom. The molecule has 1 fully saturated rings. The number of piperidine rings is 1. The van der Waals surface area contributed by atoms with E-state index in [4.69, 9.17) is 0 Å². The summed E-state index contributed by atoms with van der Waals surface area (Å²) in [6.07, 6.45) is 3.90. The first-order valence-electron chi connectivity index (χ1n) is 7.41. The summed E-state index contributed by atoms with van der Waals surface area (Å²) in [6.45, 7) is 4.87. The lowest BCUT2D eigenvalue weighted by atomic mass is 10.0. The van der Waals surface area contributed by atoms with Gasteiger partial charge in [0.05, 0.1) is 6.42 Å². The number of likely N-dealkylation sites (tertiary alicyclic amines) is 1. The van der Waals surface area contributed by atoms with Crippen molar-refractivity contribution in [3.05, 3.63) is 35.6 Å². The molecular formula is C16H23FN2O. The topological polar surface area (TPSA) is 32.3 Å². The average molecular weight is 278 g/mol. The Kier molecular flexibility index (Phi) is 5.53. The number of rotatable bonds is 5. The van der Waals surface area contributed by atoms with E-state index in [-0.39, 0.29) is 18.1 Å². The lowest BCUT2D eigenvalue weighted by Gasteiger charge is -2.33. The van der Waals surface area contributed by atoms with Crippen molar-refractivity contribution in [2.75, 3.05) is 19.6 Å². The summed E-state index contributed by atoms with van der Waals surface area (Å²) in [4.78, 5) is 14.2. The fourth-order valence-electron chi connectivity index (χ4n) is 2.71. The summed E-state index contributed by atoms with van der Waals surface area (Å²) < 4.78 is 13.4. The summed E-state index contributed by atoms with van der Waals surface area (Å²) >= 11 is 0. The zero-order chi connectivity index (χ0) is 14.4. The summed E-state index contributed by atoms with van der Waals surface area (Å²) in [5.74, 6) is -0.424. The van der Waals surface area contributed by atoms with Crippen LogP contribution in [0.25, 0.3) is 0 Å². The van der Waals surface area contributed by atoms with Crippen LogP contribution in [0.5, 0.6) is 0 Å². The average Bonchev–Trinajstić information content (AvgIpc) is 2.43. The minimum atomic E-state index is -0.313. The molecule has 0 radical (unpaired) electrons. The zero-order valence-electron chi connectivity index (χ0n) is 12.1. The molecule has 2 rings (SSSR count). The van der Waals surface area contributed by atoms with E-state index in [1.165, 1.54) is 25.3 Å². The van der Waals surface area contributed by atoms with Gasteiger partial charge in [-0.2, -0.15) is 0 Å². The Bertz CT molecular complexity index is 450. The molecule has 1 N–H and O–H groups in total. The predicted molar refractivity (Wildman–Crippen MR) is 78.0 cm³/mol. The Morgan fingerprint density at radius 3 is 2.95 bits per heavy atom. The summed E-state index contributed by atoms with van der Waals surface area (Å²) in [5, 5.41) is 2.88. The Balaban J connectivity index is 1.71. The molecular weight excluding hydrogens is 255 g/mol. The molecule has 0 saturated carbocycles. The van der Waals surface area contributed by atoms with E-state index in [1.807, 2.05) is 0 Å². The van der Waals surface area contributed by atoms with Gasteiger partial charge in [-0.3, -0.25) is 9.69 Å². The fourth-order valence-corrected chi connectivity index (χ4v) is 2.71. The van der Waals surface area contributed by atoms with Crippen LogP contribution < -0.4 is 5.32 Å². The Hall–Kier alpha value is -1.42. The summed E-state index contributed by atoms with van der Waals surface area (Å²) in [6, 6.07) is 7.03. The van der Waals surface area contributed by atoms with Gasteiger partial charge in [0.15, 0.2) is 0 Å². The highest BCUT2D eigenvalue weighted by atomic mass is 19.1. The van der Waals surface area contributed by atoms with Crippen LogP contribution >= 0.6 is 0 Å². The van der Waals surface area contributed by atoms with E-state index in [9.17, 15) is 9.18 Å². The highest BCUT2D eigenvalue weighted by Gasteiger charge is 2.17. The van der Waals surface area contributed by atoms with Crippen LogP contribution in [-0.4, -0.2) is 36.5 Å². The fraction of sp³-hybridized carbons (Fsp3) is 0.562. The first-order valence-corrected chi connectivity index (χ1v) is 7.41. The summed E-state index contributed by atoms with van der Waals surface area (Å²) in [7, 11) is 0. The number of amides is 1. The maximum absolute atomic E-state index is 13.4. The third kappa shape index (κ3) is 4.30. The molecule has 0 unspecified atom stereocenters. The molecule has 1 aromatic rings. The van der Waals surface area contributed by atoms with Crippen LogP contribution in [0.3, 0.4) is 0 Å². The molecule has 20 heavy (non-hydrogen) atoms. The molecule has 1 saturated heterocycles. The van der Waals surface area contributed by atoms with Crippen molar-refractivity contribution >= 4 is 5.91 Å². The van der Waals surface area contributed by atoms with E-state index in [0.29, 0.717) is 18.2 Å². The molecule has 4 heteroatoms. The minimum absolute atomic E-state index is 0.111. The quantitative estimate of drug-likeness (QED) is 0.896. The number of carbonyl (C=O) groups is 1. The number of halogens is 1. The van der Waals surface area contributed by atoms with Crippen LogP contribution in [0.1, 0.15) is 31.7 Å². The van der Waals surface area contributed by atoms with Gasteiger partial charge in [-0.15, -0.1) is 0 Å². The van der Waals surface area contributed by atoms with Gasteiger partial charge in [-0.1, -0.05) is 24.6 Å². The number of nitrogens with zero attached hydrogens (tertiary/aromatic N) is 1. The van der Waals surface area contributed by atoms with Crippen molar-refractivity contribution < 1.29 is 9.18 Å². The van der Waals surface area contributed by atoms with Crippen LogP contribution in [0.4, 0.5) is 4.39 Å². The second-order valence-electron chi connectivity index (χ2n) is 5.50. The smallest absolute Gasteiger partial charge is 0.224 e. The monoisotopic (exact) mass is 278 g/mol. The second-order valence-corrected chi connectivity index (χ2v) is 5.50. The molecule has 1 aliphatic heterocycles. The van der Waals surface area contributed by atoms with Crippen molar-refractivity contribution in [3.8, 4) is 0 Å². The molecule has 0 aromatic heterocycles. The number of carbonyl (C=O) groups excluding carboxylic acids is 1. The molecule has 110 valence electrons. The van der Waals surface area contributed by atoms with E-state index < -0.39 is 0 Å². The first kappa shape index (κ1) is 15.0. The van der Waals surface area contributed by atoms with Gasteiger partial charge in [0.25, 0.3) is 0 Å².